The summed E-state index contributed by atoms with van der Waals surface area (Å²) in [6, 6.07) is 0.495. The van der Waals surface area contributed by atoms with Gasteiger partial charge in [0.15, 0.2) is 0 Å². The zero-order chi connectivity index (χ0) is 9.26. The Labute approximate surface area is 84.7 Å². The lowest BCUT2D eigenvalue weighted by Gasteiger charge is -2.45. The monoisotopic (exact) mass is 201 g/mol. The van der Waals surface area contributed by atoms with Crippen LogP contribution in [0.1, 0.15) is 26.2 Å². The Kier molecular flexibility index (Phi) is 3.17. The molecule has 0 radical (unpaired) electrons. The zero-order valence-electron chi connectivity index (χ0n) is 8.28. The summed E-state index contributed by atoms with van der Waals surface area (Å²) < 4.78 is 0. The van der Waals surface area contributed by atoms with Gasteiger partial charge >= 0.3 is 0 Å². The fraction of sp³-hybridized carbons (Fsp3) is 1.00. The summed E-state index contributed by atoms with van der Waals surface area (Å²) in [5, 5.41) is 10.4. The third-order valence-electron chi connectivity index (χ3n) is 3.30. The molecule has 0 aromatic carbocycles. The van der Waals surface area contributed by atoms with E-state index in [4.69, 9.17) is 0 Å². The second kappa shape index (κ2) is 4.20. The molecule has 1 aliphatic heterocycles. The second-order valence-electron chi connectivity index (χ2n) is 4.11. The van der Waals surface area contributed by atoms with Gasteiger partial charge in [-0.3, -0.25) is 4.90 Å². The molecule has 0 amide bonds. The van der Waals surface area contributed by atoms with Crippen molar-refractivity contribution in [2.75, 3.05) is 18.8 Å². The maximum atomic E-state index is 9.57. The molecular formula is C10H19NOS. The van der Waals surface area contributed by atoms with E-state index < -0.39 is 0 Å². The Bertz CT molecular complexity index is 176. The Morgan fingerprint density at radius 1 is 1.46 bits per heavy atom. The molecule has 1 saturated carbocycles. The Balaban J connectivity index is 1.85. The van der Waals surface area contributed by atoms with Gasteiger partial charge in [0.25, 0.3) is 0 Å². The zero-order valence-corrected chi connectivity index (χ0v) is 9.09. The number of hydrogen-bond acceptors (Lipinski definition) is 3. The highest BCUT2D eigenvalue weighted by Crippen LogP contribution is 2.30. The number of hydrogen-bond donors (Lipinski definition) is 1. The topological polar surface area (TPSA) is 23.5 Å². The van der Waals surface area contributed by atoms with Crippen LogP contribution < -0.4 is 0 Å². The highest BCUT2D eigenvalue weighted by Gasteiger charge is 2.35. The van der Waals surface area contributed by atoms with E-state index >= 15 is 0 Å². The molecule has 1 saturated heterocycles. The molecule has 3 unspecified atom stereocenters. The highest BCUT2D eigenvalue weighted by molar-refractivity contribution is 8.00. The van der Waals surface area contributed by atoms with E-state index in [-0.39, 0.29) is 6.10 Å². The number of aliphatic hydroxyl groups excluding tert-OH is 1. The molecule has 2 rings (SSSR count). The first kappa shape index (κ1) is 9.81. The van der Waals surface area contributed by atoms with E-state index in [1.165, 1.54) is 31.7 Å². The molecular weight excluding hydrogens is 182 g/mol. The van der Waals surface area contributed by atoms with Gasteiger partial charge in [0.05, 0.1) is 6.10 Å². The van der Waals surface area contributed by atoms with Crippen LogP contribution in [0.3, 0.4) is 0 Å². The average molecular weight is 201 g/mol. The molecule has 1 N–H and O–H groups in total. The second-order valence-corrected chi connectivity index (χ2v) is 5.52. The van der Waals surface area contributed by atoms with E-state index in [1.54, 1.807) is 0 Å². The lowest BCUT2D eigenvalue weighted by atomic mass is 9.87. The van der Waals surface area contributed by atoms with E-state index in [9.17, 15) is 5.11 Å². The van der Waals surface area contributed by atoms with Gasteiger partial charge in [0.2, 0.25) is 0 Å². The van der Waals surface area contributed by atoms with E-state index in [0.29, 0.717) is 6.04 Å². The van der Waals surface area contributed by atoms with Crippen molar-refractivity contribution in [3.8, 4) is 0 Å². The summed E-state index contributed by atoms with van der Waals surface area (Å²) in [6.07, 6.45) is 3.47. The van der Waals surface area contributed by atoms with Crippen LogP contribution in [0.25, 0.3) is 0 Å². The Morgan fingerprint density at radius 3 is 2.85 bits per heavy atom. The third kappa shape index (κ3) is 2.03. The molecule has 1 heterocycles. The predicted molar refractivity (Wildman–Crippen MR) is 57.1 cm³/mol. The molecule has 3 atom stereocenters. The van der Waals surface area contributed by atoms with Crippen LogP contribution in [0.4, 0.5) is 0 Å². The van der Waals surface area contributed by atoms with Crippen molar-refractivity contribution in [3.63, 3.8) is 0 Å². The first-order chi connectivity index (χ1) is 6.31. The molecule has 76 valence electrons. The predicted octanol–water partition coefficient (Wildman–Crippen LogP) is 1.34. The first-order valence-electron chi connectivity index (χ1n) is 5.35. The summed E-state index contributed by atoms with van der Waals surface area (Å²) in [4.78, 5) is 2.50. The number of rotatable bonds is 2. The van der Waals surface area contributed by atoms with E-state index in [0.717, 1.165) is 11.7 Å². The summed E-state index contributed by atoms with van der Waals surface area (Å²) in [5.74, 6) is 1.25. The van der Waals surface area contributed by atoms with Crippen molar-refractivity contribution < 1.29 is 5.11 Å². The number of nitrogens with zero attached hydrogens (tertiary/aromatic N) is 1. The largest absolute Gasteiger partial charge is 0.391 e. The van der Waals surface area contributed by atoms with Gasteiger partial charge in [0, 0.05) is 30.1 Å². The minimum absolute atomic E-state index is 0.0272. The van der Waals surface area contributed by atoms with Crippen LogP contribution >= 0.6 is 11.8 Å². The summed E-state index contributed by atoms with van der Waals surface area (Å²) >= 11 is 2.10. The normalized spacial score (nSPS) is 41.5. The molecule has 2 nitrogen and oxygen atoms in total. The standard InChI is InChI=1S/C10H19NOS/c1-2-8-7-11(5-6-13-8)9-3-4-10(9)12/h8-10,12H,2-7H2,1H3. The van der Waals surface area contributed by atoms with Crippen LogP contribution in [0.15, 0.2) is 0 Å². The molecule has 3 heteroatoms. The van der Waals surface area contributed by atoms with E-state index in [2.05, 4.69) is 23.6 Å². The quantitative estimate of drug-likeness (QED) is 0.729. The molecule has 0 spiro atoms. The smallest absolute Gasteiger partial charge is 0.0696 e. The fourth-order valence-electron chi connectivity index (χ4n) is 2.18. The Morgan fingerprint density at radius 2 is 2.31 bits per heavy atom. The number of aliphatic hydroxyl groups is 1. The molecule has 0 bridgehead atoms. The van der Waals surface area contributed by atoms with Crippen LogP contribution in [-0.4, -0.2) is 46.2 Å². The third-order valence-corrected chi connectivity index (χ3v) is 4.67. The summed E-state index contributed by atoms with van der Waals surface area (Å²) in [7, 11) is 0. The van der Waals surface area contributed by atoms with E-state index in [1.807, 2.05) is 0 Å². The van der Waals surface area contributed by atoms with Crippen LogP contribution in [0.5, 0.6) is 0 Å². The van der Waals surface area contributed by atoms with Crippen molar-refractivity contribution in [3.05, 3.63) is 0 Å². The van der Waals surface area contributed by atoms with Gasteiger partial charge in [-0.1, -0.05) is 6.92 Å². The minimum Gasteiger partial charge on any atom is -0.391 e. The van der Waals surface area contributed by atoms with Crippen molar-refractivity contribution in [2.45, 2.75) is 43.6 Å². The maximum absolute atomic E-state index is 9.57. The first-order valence-corrected chi connectivity index (χ1v) is 6.40. The fourth-order valence-corrected chi connectivity index (χ4v) is 3.39. The SMILES string of the molecule is CCC1CN(C2CCC2O)CCS1. The van der Waals surface area contributed by atoms with Gasteiger partial charge in [-0.05, 0) is 19.3 Å². The van der Waals surface area contributed by atoms with Gasteiger partial charge in [-0.15, -0.1) is 0 Å². The van der Waals surface area contributed by atoms with Gasteiger partial charge < -0.3 is 5.11 Å². The molecule has 2 aliphatic rings. The molecule has 13 heavy (non-hydrogen) atoms. The van der Waals surface area contributed by atoms with Crippen molar-refractivity contribution >= 4 is 11.8 Å². The van der Waals surface area contributed by atoms with Crippen LogP contribution in [-0.2, 0) is 0 Å². The highest BCUT2D eigenvalue weighted by atomic mass is 32.2. The van der Waals surface area contributed by atoms with Gasteiger partial charge in [-0.25, -0.2) is 0 Å². The number of thioether (sulfide) groups is 1. The molecule has 0 aromatic rings. The van der Waals surface area contributed by atoms with Crippen LogP contribution in [0, 0.1) is 0 Å². The average Bonchev–Trinajstić information content (AvgIpc) is 2.16. The Hall–Kier alpha value is 0.270. The maximum Gasteiger partial charge on any atom is 0.0696 e. The van der Waals surface area contributed by atoms with Gasteiger partial charge in [-0.2, -0.15) is 11.8 Å². The van der Waals surface area contributed by atoms with Gasteiger partial charge in [0.1, 0.15) is 0 Å². The summed E-state index contributed by atoms with van der Waals surface area (Å²) in [6.45, 7) is 4.64. The molecule has 0 aromatic heterocycles. The molecule has 2 fully saturated rings. The minimum atomic E-state index is -0.0272. The van der Waals surface area contributed by atoms with Crippen molar-refractivity contribution in [1.82, 2.24) is 4.90 Å². The van der Waals surface area contributed by atoms with Crippen molar-refractivity contribution in [2.24, 2.45) is 0 Å². The lowest BCUT2D eigenvalue weighted by Crippen LogP contribution is -2.54. The lowest BCUT2D eigenvalue weighted by molar-refractivity contribution is -0.0196. The molecule has 1 aliphatic carbocycles. The summed E-state index contributed by atoms with van der Waals surface area (Å²) in [5.41, 5.74) is 0. The van der Waals surface area contributed by atoms with Crippen LogP contribution in [0.2, 0.25) is 0 Å². The van der Waals surface area contributed by atoms with Crippen molar-refractivity contribution in [1.29, 1.82) is 0 Å².